The van der Waals surface area contributed by atoms with Crippen molar-refractivity contribution in [2.24, 2.45) is 0 Å². The molecule has 1 aromatic heterocycles. The summed E-state index contributed by atoms with van der Waals surface area (Å²) in [6, 6.07) is 3.99. The molecule has 0 spiro atoms. The molecule has 1 atom stereocenters. The number of aliphatic hydroxyl groups excluding tert-OH is 1. The molecule has 20 heavy (non-hydrogen) atoms. The highest BCUT2D eigenvalue weighted by atomic mass is 79.9. The summed E-state index contributed by atoms with van der Waals surface area (Å²) in [6.07, 6.45) is 6.77. The first kappa shape index (κ1) is 15.9. The number of likely N-dealkylation sites (N-methyl/N-ethyl adjacent to an activating group) is 1. The van der Waals surface area contributed by atoms with Crippen LogP contribution in [0.5, 0.6) is 0 Å². The Labute approximate surface area is 130 Å². The normalized spacial score (nSPS) is 19.4. The van der Waals surface area contributed by atoms with E-state index in [0.29, 0.717) is 6.42 Å². The molecule has 1 saturated carbocycles. The first-order valence-corrected chi connectivity index (χ1v) is 8.45. The molecule has 1 fully saturated rings. The molecule has 1 aliphatic carbocycles. The third-order valence-electron chi connectivity index (χ3n) is 4.67. The lowest BCUT2D eigenvalue weighted by molar-refractivity contribution is -0.0249. The van der Waals surface area contributed by atoms with Gasteiger partial charge in [-0.05, 0) is 54.0 Å². The van der Waals surface area contributed by atoms with Crippen LogP contribution in [0.2, 0.25) is 0 Å². The third-order valence-corrected chi connectivity index (χ3v) is 5.14. The average molecular weight is 341 g/mol. The summed E-state index contributed by atoms with van der Waals surface area (Å²) in [6.45, 7) is 6.38. The molecule has 1 aromatic rings. The summed E-state index contributed by atoms with van der Waals surface area (Å²) in [5, 5.41) is 10.9. The molecule has 1 unspecified atom stereocenters. The molecule has 1 N–H and O–H groups in total. The van der Waals surface area contributed by atoms with Gasteiger partial charge in [-0.3, -0.25) is 9.88 Å². The molecular formula is C16H25BrN2O. The minimum Gasteiger partial charge on any atom is -0.391 e. The van der Waals surface area contributed by atoms with Crippen LogP contribution in [0.3, 0.4) is 0 Å². The highest BCUT2D eigenvalue weighted by Crippen LogP contribution is 2.39. The lowest BCUT2D eigenvalue weighted by atomic mass is 9.85. The number of aliphatic hydroxyl groups is 1. The van der Waals surface area contributed by atoms with Crippen LogP contribution in [0.4, 0.5) is 0 Å². The summed E-state index contributed by atoms with van der Waals surface area (Å²) < 4.78 is 0.982. The average Bonchev–Trinajstić information content (AvgIpc) is 2.93. The second kappa shape index (κ2) is 7.01. The summed E-state index contributed by atoms with van der Waals surface area (Å²) in [4.78, 5) is 6.85. The van der Waals surface area contributed by atoms with Crippen molar-refractivity contribution in [3.8, 4) is 0 Å². The molecule has 112 valence electrons. The SMILES string of the molecule is CCN(CC)C1(C(O)Cc2ccc(Br)cn2)CCCC1. The summed E-state index contributed by atoms with van der Waals surface area (Å²) >= 11 is 3.40. The van der Waals surface area contributed by atoms with E-state index in [1.165, 1.54) is 12.8 Å². The van der Waals surface area contributed by atoms with Crippen LogP contribution < -0.4 is 0 Å². The van der Waals surface area contributed by atoms with E-state index < -0.39 is 0 Å². The molecule has 0 bridgehead atoms. The fourth-order valence-corrected chi connectivity index (χ4v) is 3.85. The van der Waals surface area contributed by atoms with Crippen LogP contribution in [-0.2, 0) is 6.42 Å². The molecule has 0 aromatic carbocycles. The molecule has 4 heteroatoms. The van der Waals surface area contributed by atoms with Crippen LogP contribution in [-0.4, -0.2) is 39.7 Å². The van der Waals surface area contributed by atoms with Crippen molar-refractivity contribution < 1.29 is 5.11 Å². The molecule has 0 aliphatic heterocycles. The van der Waals surface area contributed by atoms with Crippen molar-refractivity contribution in [1.82, 2.24) is 9.88 Å². The highest BCUT2D eigenvalue weighted by molar-refractivity contribution is 9.10. The van der Waals surface area contributed by atoms with E-state index >= 15 is 0 Å². The Morgan fingerprint density at radius 3 is 2.45 bits per heavy atom. The Hall–Kier alpha value is -0.450. The van der Waals surface area contributed by atoms with Gasteiger partial charge in [0.05, 0.1) is 6.10 Å². The van der Waals surface area contributed by atoms with Gasteiger partial charge in [0.2, 0.25) is 0 Å². The van der Waals surface area contributed by atoms with Crippen LogP contribution in [0.1, 0.15) is 45.2 Å². The van der Waals surface area contributed by atoms with Crippen LogP contribution in [0.15, 0.2) is 22.8 Å². The van der Waals surface area contributed by atoms with Gasteiger partial charge in [-0.15, -0.1) is 0 Å². The lowest BCUT2D eigenvalue weighted by Gasteiger charge is -2.44. The van der Waals surface area contributed by atoms with Gasteiger partial charge in [0.1, 0.15) is 0 Å². The van der Waals surface area contributed by atoms with Crippen molar-refractivity contribution >= 4 is 15.9 Å². The van der Waals surface area contributed by atoms with Gasteiger partial charge in [-0.25, -0.2) is 0 Å². The minimum absolute atomic E-state index is 0.0434. The number of hydrogen-bond acceptors (Lipinski definition) is 3. The Morgan fingerprint density at radius 1 is 1.30 bits per heavy atom. The van der Waals surface area contributed by atoms with Crippen molar-refractivity contribution in [1.29, 1.82) is 0 Å². The largest absolute Gasteiger partial charge is 0.391 e. The molecule has 2 rings (SSSR count). The van der Waals surface area contributed by atoms with Crippen molar-refractivity contribution in [3.63, 3.8) is 0 Å². The summed E-state index contributed by atoms with van der Waals surface area (Å²) in [7, 11) is 0. The maximum atomic E-state index is 10.9. The van der Waals surface area contributed by atoms with Gasteiger partial charge in [0.25, 0.3) is 0 Å². The van der Waals surface area contributed by atoms with Gasteiger partial charge < -0.3 is 5.11 Å². The first-order chi connectivity index (χ1) is 9.62. The lowest BCUT2D eigenvalue weighted by Crippen LogP contribution is -2.55. The number of hydrogen-bond donors (Lipinski definition) is 1. The second-order valence-corrected chi connectivity index (χ2v) is 6.59. The third kappa shape index (κ3) is 3.23. The summed E-state index contributed by atoms with van der Waals surface area (Å²) in [5.41, 5.74) is 0.928. The Balaban J connectivity index is 2.14. The van der Waals surface area contributed by atoms with Crippen LogP contribution in [0.25, 0.3) is 0 Å². The van der Waals surface area contributed by atoms with Crippen molar-refractivity contribution in [3.05, 3.63) is 28.5 Å². The minimum atomic E-state index is -0.335. The van der Waals surface area contributed by atoms with E-state index in [4.69, 9.17) is 0 Å². The second-order valence-electron chi connectivity index (χ2n) is 5.67. The van der Waals surface area contributed by atoms with E-state index in [0.717, 1.165) is 36.1 Å². The first-order valence-electron chi connectivity index (χ1n) is 7.66. The van der Waals surface area contributed by atoms with Crippen molar-refractivity contribution in [2.45, 2.75) is 57.6 Å². The van der Waals surface area contributed by atoms with Gasteiger partial charge in [0, 0.05) is 28.3 Å². The van der Waals surface area contributed by atoms with Crippen LogP contribution >= 0.6 is 15.9 Å². The number of nitrogens with zero attached hydrogens (tertiary/aromatic N) is 2. The zero-order valence-electron chi connectivity index (χ0n) is 12.5. The van der Waals surface area contributed by atoms with Crippen LogP contribution in [0, 0.1) is 0 Å². The predicted molar refractivity (Wildman–Crippen MR) is 85.8 cm³/mol. The number of aromatic nitrogens is 1. The molecule has 3 nitrogen and oxygen atoms in total. The standard InChI is InChI=1S/C16H25BrN2O/c1-3-19(4-2)16(9-5-6-10-16)15(20)11-14-8-7-13(17)12-18-14/h7-8,12,15,20H,3-6,9-11H2,1-2H3. The van der Waals surface area contributed by atoms with Gasteiger partial charge in [-0.1, -0.05) is 26.7 Å². The fourth-order valence-electron chi connectivity index (χ4n) is 3.62. The maximum absolute atomic E-state index is 10.9. The summed E-state index contributed by atoms with van der Waals surface area (Å²) in [5.74, 6) is 0. The topological polar surface area (TPSA) is 36.4 Å². The fraction of sp³-hybridized carbons (Fsp3) is 0.688. The zero-order chi connectivity index (χ0) is 14.6. The van der Waals surface area contributed by atoms with Gasteiger partial charge >= 0.3 is 0 Å². The molecule has 0 amide bonds. The van der Waals surface area contributed by atoms with Gasteiger partial charge in [0.15, 0.2) is 0 Å². The van der Waals surface area contributed by atoms with E-state index in [1.54, 1.807) is 6.20 Å². The molecular weight excluding hydrogens is 316 g/mol. The smallest absolute Gasteiger partial charge is 0.0779 e. The van der Waals surface area contributed by atoms with E-state index in [9.17, 15) is 5.11 Å². The molecule has 1 heterocycles. The van der Waals surface area contributed by atoms with E-state index in [2.05, 4.69) is 39.7 Å². The van der Waals surface area contributed by atoms with E-state index in [1.807, 2.05) is 12.1 Å². The molecule has 0 saturated heterocycles. The van der Waals surface area contributed by atoms with Gasteiger partial charge in [-0.2, -0.15) is 0 Å². The monoisotopic (exact) mass is 340 g/mol. The van der Waals surface area contributed by atoms with Crippen molar-refractivity contribution in [2.75, 3.05) is 13.1 Å². The molecule has 1 aliphatic rings. The van der Waals surface area contributed by atoms with E-state index in [-0.39, 0.29) is 11.6 Å². The predicted octanol–water partition coefficient (Wildman–Crippen LogP) is 3.40. The number of pyridine rings is 1. The quantitative estimate of drug-likeness (QED) is 0.862. The number of rotatable bonds is 6. The Kier molecular flexibility index (Phi) is 5.58. The highest BCUT2D eigenvalue weighted by Gasteiger charge is 2.44. The number of halogens is 1. The Bertz CT molecular complexity index is 411. The maximum Gasteiger partial charge on any atom is 0.0779 e. The molecule has 0 radical (unpaired) electrons. The zero-order valence-corrected chi connectivity index (χ0v) is 14.1. The Morgan fingerprint density at radius 2 is 1.95 bits per heavy atom.